The molecule has 22 heavy (non-hydrogen) atoms. The molecule has 0 bridgehead atoms. The lowest BCUT2D eigenvalue weighted by atomic mass is 10.3. The molecule has 0 aliphatic carbocycles. The average molecular weight is 299 g/mol. The Labute approximate surface area is 126 Å². The minimum atomic E-state index is -0.222. The van der Waals surface area contributed by atoms with E-state index in [4.69, 9.17) is 14.5 Å². The largest absolute Gasteiger partial charge is 0.470 e. The van der Waals surface area contributed by atoms with Gasteiger partial charge >= 0.3 is 0 Å². The summed E-state index contributed by atoms with van der Waals surface area (Å²) in [7, 11) is 0. The smallest absolute Gasteiger partial charge is 0.276 e. The highest BCUT2D eigenvalue weighted by Gasteiger charge is 2.30. The first kappa shape index (κ1) is 14.0. The van der Waals surface area contributed by atoms with E-state index in [1.54, 1.807) is 17.9 Å². The van der Waals surface area contributed by atoms with Crippen molar-refractivity contribution in [2.24, 2.45) is 0 Å². The number of carbonyl (C=O) groups is 1. The number of nitrogens with zero attached hydrogens (tertiary/aromatic N) is 5. The summed E-state index contributed by atoms with van der Waals surface area (Å²) in [5, 5.41) is 12.7. The highest BCUT2D eigenvalue weighted by atomic mass is 16.5. The molecule has 8 nitrogen and oxygen atoms in total. The van der Waals surface area contributed by atoms with Crippen LogP contribution in [0.15, 0.2) is 23.0 Å². The van der Waals surface area contributed by atoms with Crippen molar-refractivity contribution >= 4 is 5.91 Å². The first-order valence-corrected chi connectivity index (χ1v) is 6.77. The normalized spacial score (nSPS) is 17.3. The molecule has 0 N–H and O–H groups in total. The van der Waals surface area contributed by atoms with E-state index in [1.807, 2.05) is 6.07 Å². The first-order valence-electron chi connectivity index (χ1n) is 6.77. The molecule has 3 rings (SSSR count). The Kier molecular flexibility index (Phi) is 3.70. The Morgan fingerprint density at radius 1 is 1.50 bits per heavy atom. The molecule has 1 saturated heterocycles. The van der Waals surface area contributed by atoms with Gasteiger partial charge in [-0.3, -0.25) is 4.79 Å². The van der Waals surface area contributed by atoms with Crippen LogP contribution < -0.4 is 4.74 Å². The van der Waals surface area contributed by atoms with Crippen molar-refractivity contribution in [3.8, 4) is 11.9 Å². The number of hydrogen-bond acceptors (Lipinski definition) is 7. The zero-order valence-corrected chi connectivity index (χ0v) is 11.9. The average Bonchev–Trinajstić information content (AvgIpc) is 3.16. The minimum absolute atomic E-state index is 0.138. The molecule has 1 atom stereocenters. The van der Waals surface area contributed by atoms with Crippen molar-refractivity contribution < 1.29 is 14.1 Å². The van der Waals surface area contributed by atoms with Crippen LogP contribution in [0.2, 0.25) is 0 Å². The molecule has 1 aliphatic heterocycles. The summed E-state index contributed by atoms with van der Waals surface area (Å²) in [6, 6.07) is 3.53. The monoisotopic (exact) mass is 299 g/mol. The van der Waals surface area contributed by atoms with Crippen molar-refractivity contribution in [3.63, 3.8) is 0 Å². The predicted molar refractivity (Wildman–Crippen MR) is 72.9 cm³/mol. The molecular weight excluding hydrogens is 286 g/mol. The van der Waals surface area contributed by atoms with Gasteiger partial charge in [-0.1, -0.05) is 5.16 Å². The van der Waals surface area contributed by atoms with Crippen LogP contribution in [0.3, 0.4) is 0 Å². The Bertz CT molecular complexity index is 736. The van der Waals surface area contributed by atoms with E-state index in [9.17, 15) is 4.79 Å². The molecule has 0 radical (unpaired) electrons. The van der Waals surface area contributed by atoms with Gasteiger partial charge in [0, 0.05) is 31.4 Å². The minimum Gasteiger partial charge on any atom is -0.470 e. The molecule has 1 amide bonds. The number of nitriles is 1. The summed E-state index contributed by atoms with van der Waals surface area (Å²) in [6.07, 6.45) is 3.33. The second kappa shape index (κ2) is 5.81. The molecule has 0 saturated carbocycles. The third-order valence-corrected chi connectivity index (χ3v) is 3.33. The zero-order chi connectivity index (χ0) is 15.5. The Balaban J connectivity index is 1.65. The molecule has 8 heteroatoms. The number of carbonyl (C=O) groups excluding carboxylic acids is 1. The summed E-state index contributed by atoms with van der Waals surface area (Å²) in [5.74, 6) is 0.595. The highest BCUT2D eigenvalue weighted by Crippen LogP contribution is 2.20. The van der Waals surface area contributed by atoms with Crippen molar-refractivity contribution in [2.75, 3.05) is 13.1 Å². The second-order valence-corrected chi connectivity index (χ2v) is 4.92. The van der Waals surface area contributed by atoms with Crippen LogP contribution in [0.25, 0.3) is 0 Å². The number of rotatable bonds is 3. The van der Waals surface area contributed by atoms with Crippen molar-refractivity contribution in [1.82, 2.24) is 20.0 Å². The lowest BCUT2D eigenvalue weighted by Crippen LogP contribution is -2.31. The Morgan fingerprint density at radius 3 is 3.05 bits per heavy atom. The fourth-order valence-electron chi connectivity index (χ4n) is 2.28. The number of ether oxygens (including phenoxy) is 1. The van der Waals surface area contributed by atoms with Gasteiger partial charge in [0.1, 0.15) is 17.9 Å². The molecule has 0 unspecified atom stereocenters. The van der Waals surface area contributed by atoms with E-state index in [0.29, 0.717) is 25.3 Å². The third kappa shape index (κ3) is 2.74. The van der Waals surface area contributed by atoms with E-state index < -0.39 is 0 Å². The number of likely N-dealkylation sites (tertiary alicyclic amines) is 1. The van der Waals surface area contributed by atoms with Gasteiger partial charge < -0.3 is 14.2 Å². The maximum atomic E-state index is 12.2. The molecule has 1 aliphatic rings. The van der Waals surface area contributed by atoms with Gasteiger partial charge in [-0.2, -0.15) is 5.26 Å². The third-order valence-electron chi connectivity index (χ3n) is 3.33. The molecule has 2 aromatic rings. The summed E-state index contributed by atoms with van der Waals surface area (Å²) in [5.41, 5.74) is 0.426. The van der Waals surface area contributed by atoms with E-state index in [0.717, 1.165) is 0 Å². The molecule has 2 aromatic heterocycles. The molecule has 3 heterocycles. The quantitative estimate of drug-likeness (QED) is 0.830. The van der Waals surface area contributed by atoms with Gasteiger partial charge in [0.15, 0.2) is 5.69 Å². The van der Waals surface area contributed by atoms with Gasteiger partial charge in [-0.15, -0.1) is 0 Å². The van der Waals surface area contributed by atoms with Crippen molar-refractivity contribution in [3.05, 3.63) is 35.6 Å². The van der Waals surface area contributed by atoms with Gasteiger partial charge in [-0.05, 0) is 6.92 Å². The summed E-state index contributed by atoms with van der Waals surface area (Å²) in [6.45, 7) is 2.70. The van der Waals surface area contributed by atoms with Crippen molar-refractivity contribution in [2.45, 2.75) is 19.4 Å². The SMILES string of the molecule is Cc1cc(C(=O)N2CC[C@H](Oc3nccnc3C#N)C2)no1. The van der Waals surface area contributed by atoms with Crippen LogP contribution in [0.1, 0.15) is 28.4 Å². The molecule has 0 spiro atoms. The number of hydrogen-bond donors (Lipinski definition) is 0. The van der Waals surface area contributed by atoms with E-state index in [1.165, 1.54) is 12.4 Å². The summed E-state index contributed by atoms with van der Waals surface area (Å²) < 4.78 is 10.6. The maximum Gasteiger partial charge on any atom is 0.276 e. The molecule has 112 valence electrons. The summed E-state index contributed by atoms with van der Waals surface area (Å²) in [4.78, 5) is 21.8. The van der Waals surface area contributed by atoms with E-state index in [-0.39, 0.29) is 29.3 Å². The first-order chi connectivity index (χ1) is 10.7. The van der Waals surface area contributed by atoms with Crippen molar-refractivity contribution in [1.29, 1.82) is 5.26 Å². The zero-order valence-electron chi connectivity index (χ0n) is 11.9. The molecular formula is C14H13N5O3. The van der Waals surface area contributed by atoms with Crippen LogP contribution in [0.4, 0.5) is 0 Å². The Morgan fingerprint density at radius 2 is 2.32 bits per heavy atom. The lowest BCUT2D eigenvalue weighted by Gasteiger charge is -2.15. The number of amides is 1. The highest BCUT2D eigenvalue weighted by molar-refractivity contribution is 5.92. The maximum absolute atomic E-state index is 12.2. The number of aryl methyl sites for hydroxylation is 1. The predicted octanol–water partition coefficient (Wildman–Crippen LogP) is 0.938. The summed E-state index contributed by atoms with van der Waals surface area (Å²) >= 11 is 0. The fourth-order valence-corrected chi connectivity index (χ4v) is 2.28. The van der Waals surface area contributed by atoms with Crippen LogP contribution in [0, 0.1) is 18.3 Å². The van der Waals surface area contributed by atoms with Gasteiger partial charge in [0.25, 0.3) is 11.8 Å². The van der Waals surface area contributed by atoms with Gasteiger partial charge in [0.2, 0.25) is 5.69 Å². The van der Waals surface area contributed by atoms with Crippen LogP contribution in [0.5, 0.6) is 5.88 Å². The van der Waals surface area contributed by atoms with Crippen LogP contribution >= 0.6 is 0 Å². The van der Waals surface area contributed by atoms with E-state index >= 15 is 0 Å². The van der Waals surface area contributed by atoms with Gasteiger partial charge in [0.05, 0.1) is 6.54 Å². The number of aromatic nitrogens is 3. The molecule has 0 aromatic carbocycles. The van der Waals surface area contributed by atoms with Gasteiger partial charge in [-0.25, -0.2) is 9.97 Å². The standard InChI is InChI=1S/C14H13N5O3/c1-9-6-11(18-22-9)14(20)19-5-2-10(8-19)21-13-12(7-15)16-3-4-17-13/h3-4,6,10H,2,5,8H2,1H3/t10-/m0/s1. The second-order valence-electron chi connectivity index (χ2n) is 4.92. The van der Waals surface area contributed by atoms with E-state index in [2.05, 4.69) is 15.1 Å². The van der Waals surface area contributed by atoms with Crippen LogP contribution in [-0.2, 0) is 0 Å². The topological polar surface area (TPSA) is 105 Å². The lowest BCUT2D eigenvalue weighted by molar-refractivity contribution is 0.0760. The molecule has 1 fully saturated rings. The van der Waals surface area contributed by atoms with Crippen LogP contribution in [-0.4, -0.2) is 45.1 Å². The fraction of sp³-hybridized carbons (Fsp3) is 0.357. The Hall–Kier alpha value is -2.95.